The Balaban J connectivity index is 1.65. The van der Waals surface area contributed by atoms with E-state index in [1.54, 1.807) is 0 Å². The molecule has 0 radical (unpaired) electrons. The van der Waals surface area contributed by atoms with Crippen molar-refractivity contribution in [3.8, 4) is 0 Å². The Bertz CT molecular complexity index is 520. The highest BCUT2D eigenvalue weighted by molar-refractivity contribution is 5.10. The Morgan fingerprint density at radius 1 is 1.42 bits per heavy atom. The summed E-state index contributed by atoms with van der Waals surface area (Å²) < 4.78 is 0. The average Bonchev–Trinajstić information content (AvgIpc) is 2.87. The number of pyridine rings is 1. The van der Waals surface area contributed by atoms with Crippen LogP contribution >= 0.6 is 0 Å². The minimum Gasteiger partial charge on any atom is -0.346 e. The lowest BCUT2D eigenvalue weighted by Crippen LogP contribution is -2.34. The van der Waals surface area contributed by atoms with Crippen molar-refractivity contribution in [3.05, 3.63) is 47.8 Å². The van der Waals surface area contributed by atoms with Gasteiger partial charge in [0.2, 0.25) is 0 Å². The van der Waals surface area contributed by atoms with Crippen LogP contribution in [-0.4, -0.2) is 32.9 Å². The molecule has 19 heavy (non-hydrogen) atoms. The van der Waals surface area contributed by atoms with Gasteiger partial charge in [-0.05, 0) is 37.9 Å². The molecular weight excluding hydrogens is 236 g/mol. The number of hydrogen-bond donors (Lipinski definition) is 1. The van der Waals surface area contributed by atoms with Crippen LogP contribution in [0.3, 0.4) is 0 Å². The van der Waals surface area contributed by atoms with Crippen LogP contribution in [0.15, 0.2) is 30.7 Å². The Hall–Kier alpha value is -1.68. The molecule has 0 unspecified atom stereocenters. The summed E-state index contributed by atoms with van der Waals surface area (Å²) in [5.41, 5.74) is 2.44. The Morgan fingerprint density at radius 3 is 3.11 bits per heavy atom. The molecule has 0 spiro atoms. The zero-order valence-electron chi connectivity index (χ0n) is 11.3. The fraction of sp³-hybridized carbons (Fsp3) is 0.467. The molecule has 0 saturated carbocycles. The zero-order valence-corrected chi connectivity index (χ0v) is 11.3. The molecule has 1 fully saturated rings. The zero-order chi connectivity index (χ0) is 13.1. The third-order valence-electron chi connectivity index (χ3n) is 3.74. The van der Waals surface area contributed by atoms with Gasteiger partial charge in [0.1, 0.15) is 5.82 Å². The third kappa shape index (κ3) is 3.01. The van der Waals surface area contributed by atoms with Crippen LogP contribution in [0.2, 0.25) is 0 Å². The van der Waals surface area contributed by atoms with E-state index >= 15 is 0 Å². The van der Waals surface area contributed by atoms with Gasteiger partial charge in [-0.1, -0.05) is 6.07 Å². The van der Waals surface area contributed by atoms with Crippen LogP contribution in [-0.2, 0) is 6.54 Å². The van der Waals surface area contributed by atoms with Crippen LogP contribution in [0.25, 0.3) is 0 Å². The number of piperidine rings is 1. The number of nitrogens with zero attached hydrogens (tertiary/aromatic N) is 3. The van der Waals surface area contributed by atoms with Crippen molar-refractivity contribution in [2.45, 2.75) is 32.2 Å². The molecule has 2 aromatic heterocycles. The number of aryl methyl sites for hydroxylation is 1. The first-order chi connectivity index (χ1) is 9.31. The van der Waals surface area contributed by atoms with Gasteiger partial charge in [0.05, 0.1) is 0 Å². The van der Waals surface area contributed by atoms with E-state index in [2.05, 4.69) is 32.8 Å². The van der Waals surface area contributed by atoms with Gasteiger partial charge in [0.25, 0.3) is 0 Å². The fourth-order valence-corrected chi connectivity index (χ4v) is 2.81. The summed E-state index contributed by atoms with van der Waals surface area (Å²) in [6.07, 6.45) is 8.19. The van der Waals surface area contributed by atoms with E-state index in [0.29, 0.717) is 5.92 Å². The molecule has 3 heterocycles. The van der Waals surface area contributed by atoms with Crippen LogP contribution in [0.5, 0.6) is 0 Å². The highest BCUT2D eigenvalue weighted by Gasteiger charge is 2.23. The highest BCUT2D eigenvalue weighted by Crippen LogP contribution is 2.25. The van der Waals surface area contributed by atoms with E-state index in [9.17, 15) is 0 Å². The lowest BCUT2D eigenvalue weighted by atomic mass is 9.97. The predicted octanol–water partition coefficient (Wildman–Crippen LogP) is 2.49. The number of nitrogens with one attached hydrogen (secondary N) is 1. The minimum absolute atomic E-state index is 0.541. The predicted molar refractivity (Wildman–Crippen MR) is 74.8 cm³/mol. The summed E-state index contributed by atoms with van der Waals surface area (Å²) in [7, 11) is 0. The normalized spacial score (nSPS) is 20.6. The van der Waals surface area contributed by atoms with E-state index in [1.165, 1.54) is 24.9 Å². The Morgan fingerprint density at radius 2 is 2.37 bits per heavy atom. The maximum absolute atomic E-state index is 4.49. The van der Waals surface area contributed by atoms with Crippen molar-refractivity contribution in [3.63, 3.8) is 0 Å². The van der Waals surface area contributed by atoms with Gasteiger partial charge < -0.3 is 4.98 Å². The molecule has 4 nitrogen and oxygen atoms in total. The molecule has 1 aliphatic heterocycles. The summed E-state index contributed by atoms with van der Waals surface area (Å²) in [6, 6.07) is 4.15. The van der Waals surface area contributed by atoms with Crippen molar-refractivity contribution >= 4 is 0 Å². The second kappa shape index (κ2) is 5.53. The van der Waals surface area contributed by atoms with Gasteiger partial charge in [-0.25, -0.2) is 4.98 Å². The van der Waals surface area contributed by atoms with E-state index in [1.807, 2.05) is 24.7 Å². The number of rotatable bonds is 3. The maximum Gasteiger partial charge on any atom is 0.110 e. The summed E-state index contributed by atoms with van der Waals surface area (Å²) in [5, 5.41) is 0. The number of aromatic amines is 1. The molecule has 1 saturated heterocycles. The quantitative estimate of drug-likeness (QED) is 0.917. The van der Waals surface area contributed by atoms with Crippen molar-refractivity contribution in [2.75, 3.05) is 13.1 Å². The lowest BCUT2D eigenvalue weighted by molar-refractivity contribution is 0.197. The summed E-state index contributed by atoms with van der Waals surface area (Å²) in [5.74, 6) is 1.69. The molecule has 0 amide bonds. The number of likely N-dealkylation sites (tertiary alicyclic amines) is 1. The van der Waals surface area contributed by atoms with E-state index < -0.39 is 0 Å². The van der Waals surface area contributed by atoms with E-state index in [-0.39, 0.29) is 0 Å². The summed E-state index contributed by atoms with van der Waals surface area (Å²) in [6.45, 7) is 5.31. The molecule has 2 aromatic rings. The summed E-state index contributed by atoms with van der Waals surface area (Å²) in [4.78, 5) is 14.6. The van der Waals surface area contributed by atoms with Gasteiger partial charge in [-0.2, -0.15) is 0 Å². The molecule has 4 heteroatoms. The molecule has 0 aliphatic carbocycles. The van der Waals surface area contributed by atoms with Gasteiger partial charge >= 0.3 is 0 Å². The highest BCUT2D eigenvalue weighted by atomic mass is 15.1. The minimum atomic E-state index is 0.541. The fourth-order valence-electron chi connectivity index (χ4n) is 2.81. The largest absolute Gasteiger partial charge is 0.346 e. The van der Waals surface area contributed by atoms with Crippen molar-refractivity contribution in [1.29, 1.82) is 0 Å². The SMILES string of the molecule is Cc1cnc([C@H]2CCCN(Cc3cccnc3)C2)[nH]1. The monoisotopic (exact) mass is 256 g/mol. The standard InChI is InChI=1S/C15H20N4/c1-12-8-17-15(18-12)14-5-3-7-19(11-14)10-13-4-2-6-16-9-13/h2,4,6,8-9,14H,3,5,7,10-11H2,1H3,(H,17,18)/t14-/m0/s1. The van der Waals surface area contributed by atoms with Crippen molar-refractivity contribution in [1.82, 2.24) is 19.9 Å². The first kappa shape index (κ1) is 12.4. The third-order valence-corrected chi connectivity index (χ3v) is 3.74. The number of hydrogen-bond acceptors (Lipinski definition) is 3. The molecule has 1 aliphatic rings. The maximum atomic E-state index is 4.49. The van der Waals surface area contributed by atoms with E-state index in [4.69, 9.17) is 0 Å². The number of imidazole rings is 1. The number of aromatic nitrogens is 3. The molecular formula is C15H20N4. The molecule has 100 valence electrons. The average molecular weight is 256 g/mol. The first-order valence-electron chi connectivity index (χ1n) is 6.94. The van der Waals surface area contributed by atoms with Gasteiger partial charge in [0.15, 0.2) is 0 Å². The van der Waals surface area contributed by atoms with Gasteiger partial charge in [-0.15, -0.1) is 0 Å². The van der Waals surface area contributed by atoms with E-state index in [0.717, 1.165) is 24.6 Å². The van der Waals surface area contributed by atoms with Gasteiger partial charge in [-0.3, -0.25) is 9.88 Å². The van der Waals surface area contributed by atoms with Crippen molar-refractivity contribution < 1.29 is 0 Å². The topological polar surface area (TPSA) is 44.8 Å². The summed E-state index contributed by atoms with van der Waals surface area (Å²) >= 11 is 0. The van der Waals surface area contributed by atoms with Crippen LogP contribution in [0.1, 0.15) is 35.8 Å². The molecule has 3 rings (SSSR count). The van der Waals surface area contributed by atoms with Crippen molar-refractivity contribution in [2.24, 2.45) is 0 Å². The van der Waals surface area contributed by atoms with Crippen LogP contribution < -0.4 is 0 Å². The smallest absolute Gasteiger partial charge is 0.110 e. The second-order valence-electron chi connectivity index (χ2n) is 5.39. The van der Waals surface area contributed by atoms with Gasteiger partial charge in [0, 0.05) is 43.3 Å². The lowest BCUT2D eigenvalue weighted by Gasteiger charge is -2.31. The Kier molecular flexibility index (Phi) is 3.60. The Labute approximate surface area is 113 Å². The first-order valence-corrected chi connectivity index (χ1v) is 6.94. The van der Waals surface area contributed by atoms with Crippen LogP contribution in [0.4, 0.5) is 0 Å². The molecule has 1 N–H and O–H groups in total. The number of H-pyrrole nitrogens is 1. The van der Waals surface area contributed by atoms with Crippen LogP contribution in [0, 0.1) is 6.92 Å². The molecule has 0 bridgehead atoms. The second-order valence-corrected chi connectivity index (χ2v) is 5.39. The molecule has 0 aromatic carbocycles. The molecule has 1 atom stereocenters.